The van der Waals surface area contributed by atoms with Crippen molar-refractivity contribution in [2.45, 2.75) is 24.7 Å². The van der Waals surface area contributed by atoms with Gasteiger partial charge in [0.1, 0.15) is 0 Å². The molecule has 2 aromatic carbocycles. The average Bonchev–Trinajstić information content (AvgIpc) is 2.47. The molecule has 0 spiro atoms. The molecule has 0 aliphatic carbocycles. The van der Waals surface area contributed by atoms with Gasteiger partial charge in [0.25, 0.3) is 10.0 Å². The third kappa shape index (κ3) is 3.46. The molecule has 0 aliphatic heterocycles. The van der Waals surface area contributed by atoms with Crippen LogP contribution in [0.1, 0.15) is 35.7 Å². The van der Waals surface area contributed by atoms with E-state index in [2.05, 4.69) is 4.72 Å². The lowest BCUT2D eigenvalue weighted by molar-refractivity contribution is -0.255. The molecular weight excluding hydrogens is 302 g/mol. The first kappa shape index (κ1) is 16.0. The average molecular weight is 318 g/mol. The SMILES string of the molecule is CC(C)c1ccccc1NS(=O)(=O)c1ccc(C(=O)[O-])cc1. The molecule has 0 radical (unpaired) electrons. The fourth-order valence-electron chi connectivity index (χ4n) is 2.07. The van der Waals surface area contributed by atoms with E-state index in [0.717, 1.165) is 5.56 Å². The zero-order chi connectivity index (χ0) is 16.3. The van der Waals surface area contributed by atoms with E-state index in [-0.39, 0.29) is 16.4 Å². The predicted molar refractivity (Wildman–Crippen MR) is 82.1 cm³/mol. The maximum absolute atomic E-state index is 12.4. The normalized spacial score (nSPS) is 11.4. The Morgan fingerprint density at radius 3 is 2.18 bits per heavy atom. The molecule has 0 aromatic heterocycles. The molecule has 6 heteroatoms. The van der Waals surface area contributed by atoms with E-state index in [1.54, 1.807) is 12.1 Å². The number of para-hydroxylation sites is 1. The van der Waals surface area contributed by atoms with Crippen LogP contribution in [0.5, 0.6) is 0 Å². The molecule has 0 amide bonds. The largest absolute Gasteiger partial charge is 0.545 e. The van der Waals surface area contributed by atoms with Crippen LogP contribution in [-0.2, 0) is 10.0 Å². The van der Waals surface area contributed by atoms with E-state index in [1.807, 2.05) is 26.0 Å². The number of benzene rings is 2. The Morgan fingerprint density at radius 2 is 1.64 bits per heavy atom. The predicted octanol–water partition coefficient (Wildman–Crippen LogP) is 1.97. The Kier molecular flexibility index (Phi) is 4.51. The van der Waals surface area contributed by atoms with Gasteiger partial charge in [0.2, 0.25) is 0 Å². The van der Waals surface area contributed by atoms with Gasteiger partial charge in [-0.25, -0.2) is 8.42 Å². The summed E-state index contributed by atoms with van der Waals surface area (Å²) in [5.74, 6) is -1.18. The summed E-state index contributed by atoms with van der Waals surface area (Å²) < 4.78 is 27.3. The van der Waals surface area contributed by atoms with Crippen molar-refractivity contribution in [2.24, 2.45) is 0 Å². The molecule has 0 aliphatic rings. The molecule has 0 saturated carbocycles. The molecule has 0 atom stereocenters. The van der Waals surface area contributed by atoms with E-state index >= 15 is 0 Å². The van der Waals surface area contributed by atoms with Crippen LogP contribution < -0.4 is 9.83 Å². The van der Waals surface area contributed by atoms with Crippen molar-refractivity contribution < 1.29 is 18.3 Å². The number of carbonyl (C=O) groups excluding carboxylic acids is 1. The van der Waals surface area contributed by atoms with Crippen molar-refractivity contribution in [1.82, 2.24) is 0 Å². The molecule has 0 bridgehead atoms. The van der Waals surface area contributed by atoms with E-state index < -0.39 is 16.0 Å². The zero-order valence-electron chi connectivity index (χ0n) is 12.2. The van der Waals surface area contributed by atoms with Crippen LogP contribution in [-0.4, -0.2) is 14.4 Å². The van der Waals surface area contributed by atoms with Crippen LogP contribution in [0.4, 0.5) is 5.69 Å². The molecule has 0 unspecified atom stereocenters. The summed E-state index contributed by atoms with van der Waals surface area (Å²) in [4.78, 5) is 10.7. The van der Waals surface area contributed by atoms with E-state index in [9.17, 15) is 18.3 Å². The smallest absolute Gasteiger partial charge is 0.261 e. The molecule has 0 fully saturated rings. The highest BCUT2D eigenvalue weighted by Crippen LogP contribution is 2.26. The van der Waals surface area contributed by atoms with Gasteiger partial charge in [-0.15, -0.1) is 0 Å². The van der Waals surface area contributed by atoms with Gasteiger partial charge in [-0.1, -0.05) is 44.2 Å². The summed E-state index contributed by atoms with van der Waals surface area (Å²) in [6.45, 7) is 3.95. The minimum atomic E-state index is -3.78. The Morgan fingerprint density at radius 1 is 1.05 bits per heavy atom. The Balaban J connectivity index is 2.34. The van der Waals surface area contributed by atoms with Crippen molar-refractivity contribution in [1.29, 1.82) is 0 Å². The van der Waals surface area contributed by atoms with Gasteiger partial charge in [-0.2, -0.15) is 0 Å². The second kappa shape index (κ2) is 6.19. The Labute approximate surface area is 129 Å². The van der Waals surface area contributed by atoms with Crippen molar-refractivity contribution >= 4 is 21.7 Å². The lowest BCUT2D eigenvalue weighted by Crippen LogP contribution is -2.22. The molecule has 1 N–H and O–H groups in total. The topological polar surface area (TPSA) is 86.3 Å². The van der Waals surface area contributed by atoms with Gasteiger partial charge in [-0.3, -0.25) is 4.72 Å². The second-order valence-corrected chi connectivity index (χ2v) is 6.84. The Hall–Kier alpha value is -2.34. The van der Waals surface area contributed by atoms with Gasteiger partial charge in [0, 0.05) is 0 Å². The summed E-state index contributed by atoms with van der Waals surface area (Å²) in [6, 6.07) is 12.1. The fourth-order valence-corrected chi connectivity index (χ4v) is 3.15. The molecule has 22 heavy (non-hydrogen) atoms. The number of aromatic carboxylic acids is 1. The third-order valence-electron chi connectivity index (χ3n) is 3.23. The summed E-state index contributed by atoms with van der Waals surface area (Å²) in [5, 5.41) is 10.7. The summed E-state index contributed by atoms with van der Waals surface area (Å²) in [6.07, 6.45) is 0. The van der Waals surface area contributed by atoms with Crippen LogP contribution in [0.15, 0.2) is 53.4 Å². The molecule has 0 saturated heterocycles. The quantitative estimate of drug-likeness (QED) is 0.913. The highest BCUT2D eigenvalue weighted by molar-refractivity contribution is 7.92. The van der Waals surface area contributed by atoms with Crippen LogP contribution in [0.25, 0.3) is 0 Å². The van der Waals surface area contributed by atoms with Crippen molar-refractivity contribution in [3.63, 3.8) is 0 Å². The van der Waals surface area contributed by atoms with Crippen molar-refractivity contribution in [2.75, 3.05) is 4.72 Å². The lowest BCUT2D eigenvalue weighted by atomic mass is 10.0. The molecule has 2 rings (SSSR count). The maximum atomic E-state index is 12.4. The number of carbonyl (C=O) groups is 1. The highest BCUT2D eigenvalue weighted by atomic mass is 32.2. The molecular formula is C16H16NO4S-. The molecule has 2 aromatic rings. The first-order valence-corrected chi connectivity index (χ1v) is 8.23. The number of hydrogen-bond donors (Lipinski definition) is 1. The number of hydrogen-bond acceptors (Lipinski definition) is 4. The summed E-state index contributed by atoms with van der Waals surface area (Å²) in [7, 11) is -3.78. The number of sulfonamides is 1. The first-order chi connectivity index (χ1) is 10.3. The van der Waals surface area contributed by atoms with E-state index in [4.69, 9.17) is 0 Å². The van der Waals surface area contributed by atoms with Crippen molar-refractivity contribution in [3.8, 4) is 0 Å². The van der Waals surface area contributed by atoms with Gasteiger partial charge < -0.3 is 9.90 Å². The van der Waals surface area contributed by atoms with Crippen LogP contribution in [0, 0.1) is 0 Å². The van der Waals surface area contributed by atoms with Crippen molar-refractivity contribution in [3.05, 3.63) is 59.7 Å². The Bertz CT molecular complexity index is 780. The molecule has 5 nitrogen and oxygen atoms in total. The molecule has 0 heterocycles. The van der Waals surface area contributed by atoms with Crippen LogP contribution >= 0.6 is 0 Å². The highest BCUT2D eigenvalue weighted by Gasteiger charge is 2.16. The third-order valence-corrected chi connectivity index (χ3v) is 4.61. The number of anilines is 1. The standard InChI is InChI=1S/C16H17NO4S/c1-11(2)14-5-3-4-6-15(14)17-22(20,21)13-9-7-12(8-10-13)16(18)19/h3-11,17H,1-2H3,(H,18,19)/p-1. The van der Waals surface area contributed by atoms with E-state index in [0.29, 0.717) is 5.69 Å². The summed E-state index contributed by atoms with van der Waals surface area (Å²) >= 11 is 0. The number of nitrogens with one attached hydrogen (secondary N) is 1. The fraction of sp³-hybridized carbons (Fsp3) is 0.188. The molecule has 116 valence electrons. The number of carboxylic acid groups (broad SMARTS) is 1. The minimum absolute atomic E-state index is 0.00365. The van der Waals surface area contributed by atoms with Gasteiger partial charge in [-0.05, 0) is 35.2 Å². The lowest BCUT2D eigenvalue weighted by Gasteiger charge is -2.15. The second-order valence-electron chi connectivity index (χ2n) is 5.16. The number of rotatable bonds is 5. The summed E-state index contributed by atoms with van der Waals surface area (Å²) in [5.41, 5.74) is 1.33. The minimum Gasteiger partial charge on any atom is -0.545 e. The van der Waals surface area contributed by atoms with Gasteiger partial charge in [0.15, 0.2) is 0 Å². The monoisotopic (exact) mass is 318 g/mol. The zero-order valence-corrected chi connectivity index (χ0v) is 13.1. The van der Waals surface area contributed by atoms with Gasteiger partial charge >= 0.3 is 0 Å². The van der Waals surface area contributed by atoms with Crippen LogP contribution in [0.3, 0.4) is 0 Å². The maximum Gasteiger partial charge on any atom is 0.261 e. The van der Waals surface area contributed by atoms with Crippen LogP contribution in [0.2, 0.25) is 0 Å². The van der Waals surface area contributed by atoms with Gasteiger partial charge in [0.05, 0.1) is 16.6 Å². The van der Waals surface area contributed by atoms with E-state index in [1.165, 1.54) is 24.3 Å². The number of carboxylic acids is 1. The first-order valence-electron chi connectivity index (χ1n) is 6.74.